The summed E-state index contributed by atoms with van der Waals surface area (Å²) in [6.45, 7) is 0.436. The van der Waals surface area contributed by atoms with Crippen LogP contribution in [0.25, 0.3) is 0 Å². The zero-order valence-corrected chi connectivity index (χ0v) is 10.6. The number of carbonyl (C=O) groups excluding carboxylic acids is 1. The summed E-state index contributed by atoms with van der Waals surface area (Å²) in [4.78, 5) is 16.1. The lowest BCUT2D eigenvalue weighted by atomic mass is 9.90. The molecule has 0 atom stereocenters. The van der Waals surface area contributed by atoms with Crippen molar-refractivity contribution < 1.29 is 9.53 Å². The van der Waals surface area contributed by atoms with Crippen molar-refractivity contribution in [3.63, 3.8) is 0 Å². The monoisotopic (exact) mass is 253 g/mol. The van der Waals surface area contributed by atoms with Crippen molar-refractivity contribution in [3.8, 4) is 5.75 Å². The number of hydrogen-bond acceptors (Lipinski definition) is 3. The lowest BCUT2D eigenvalue weighted by molar-refractivity contribution is 0.0971. The topological polar surface area (TPSA) is 39.2 Å². The highest BCUT2D eigenvalue weighted by molar-refractivity contribution is 5.99. The van der Waals surface area contributed by atoms with Gasteiger partial charge in [0.05, 0.1) is 5.69 Å². The second-order valence-corrected chi connectivity index (χ2v) is 4.67. The maximum Gasteiger partial charge on any atom is 0.163 e. The van der Waals surface area contributed by atoms with E-state index in [1.165, 1.54) is 0 Å². The first-order valence-electron chi connectivity index (χ1n) is 6.52. The zero-order valence-electron chi connectivity index (χ0n) is 10.6. The molecule has 1 aromatic heterocycles. The van der Waals surface area contributed by atoms with Crippen molar-refractivity contribution in [2.24, 2.45) is 0 Å². The lowest BCUT2D eigenvalue weighted by Gasteiger charge is -2.18. The van der Waals surface area contributed by atoms with Gasteiger partial charge in [0.2, 0.25) is 0 Å². The normalized spacial score (nSPS) is 14.0. The summed E-state index contributed by atoms with van der Waals surface area (Å²) in [6.07, 6.45) is 4.23. The zero-order chi connectivity index (χ0) is 13.1. The highest BCUT2D eigenvalue weighted by atomic mass is 16.5. The number of benzene rings is 1. The van der Waals surface area contributed by atoms with Crippen molar-refractivity contribution in [2.75, 3.05) is 0 Å². The molecular weight excluding hydrogens is 238 g/mol. The van der Waals surface area contributed by atoms with Gasteiger partial charge in [-0.15, -0.1) is 0 Å². The molecule has 1 heterocycles. The number of ether oxygens (including phenoxy) is 1. The van der Waals surface area contributed by atoms with Gasteiger partial charge in [-0.3, -0.25) is 9.78 Å². The van der Waals surface area contributed by atoms with Crippen LogP contribution in [-0.2, 0) is 13.0 Å². The molecule has 0 N–H and O–H groups in total. The molecule has 96 valence electrons. The quantitative estimate of drug-likeness (QED) is 0.843. The van der Waals surface area contributed by atoms with Crippen molar-refractivity contribution in [2.45, 2.75) is 25.9 Å². The predicted octanol–water partition coefficient (Wildman–Crippen LogP) is 3.18. The molecule has 2 aromatic rings. The summed E-state index contributed by atoms with van der Waals surface area (Å²) in [6, 6.07) is 11.5. The molecule has 0 fully saturated rings. The van der Waals surface area contributed by atoms with Crippen LogP contribution >= 0.6 is 0 Å². The average Bonchev–Trinajstić information content (AvgIpc) is 2.47. The first-order valence-corrected chi connectivity index (χ1v) is 6.52. The third-order valence-corrected chi connectivity index (χ3v) is 3.37. The molecule has 0 spiro atoms. The molecule has 3 nitrogen and oxygen atoms in total. The Morgan fingerprint density at radius 2 is 2.05 bits per heavy atom. The van der Waals surface area contributed by atoms with Gasteiger partial charge in [0.25, 0.3) is 0 Å². The van der Waals surface area contributed by atoms with Crippen LogP contribution < -0.4 is 4.74 Å². The minimum atomic E-state index is 0.226. The van der Waals surface area contributed by atoms with Gasteiger partial charge in [0.1, 0.15) is 12.4 Å². The van der Waals surface area contributed by atoms with Gasteiger partial charge in [-0.2, -0.15) is 0 Å². The Kier molecular flexibility index (Phi) is 3.27. The largest absolute Gasteiger partial charge is 0.487 e. The molecule has 1 aliphatic rings. The second-order valence-electron chi connectivity index (χ2n) is 4.67. The van der Waals surface area contributed by atoms with E-state index in [-0.39, 0.29) is 5.78 Å². The van der Waals surface area contributed by atoms with E-state index in [9.17, 15) is 4.79 Å². The number of ketones is 1. The van der Waals surface area contributed by atoms with Gasteiger partial charge in [-0.05, 0) is 31.0 Å². The molecule has 0 saturated carbocycles. The Balaban J connectivity index is 1.82. The van der Waals surface area contributed by atoms with E-state index in [4.69, 9.17) is 4.74 Å². The average molecular weight is 253 g/mol. The Bertz CT molecular complexity index is 593. The van der Waals surface area contributed by atoms with Crippen molar-refractivity contribution in [3.05, 3.63) is 59.4 Å². The molecule has 0 unspecified atom stereocenters. The van der Waals surface area contributed by atoms with Gasteiger partial charge in [0, 0.05) is 23.7 Å². The third kappa shape index (κ3) is 2.50. The van der Waals surface area contributed by atoms with Gasteiger partial charge in [0.15, 0.2) is 5.78 Å². The number of hydrogen-bond donors (Lipinski definition) is 0. The highest BCUT2D eigenvalue weighted by Gasteiger charge is 2.20. The smallest absolute Gasteiger partial charge is 0.163 e. The van der Waals surface area contributed by atoms with E-state index >= 15 is 0 Å². The van der Waals surface area contributed by atoms with Crippen LogP contribution in [0.1, 0.15) is 34.5 Å². The van der Waals surface area contributed by atoms with Crippen molar-refractivity contribution >= 4 is 5.78 Å². The van der Waals surface area contributed by atoms with E-state index in [0.29, 0.717) is 13.0 Å². The number of Topliss-reactive ketones (excluding diaryl/α,β-unsaturated/α-hetero) is 1. The Morgan fingerprint density at radius 1 is 1.11 bits per heavy atom. The molecule has 0 amide bonds. The van der Waals surface area contributed by atoms with E-state index in [1.54, 1.807) is 6.20 Å². The molecule has 1 aliphatic carbocycles. The Labute approximate surface area is 112 Å². The summed E-state index contributed by atoms with van der Waals surface area (Å²) >= 11 is 0. The number of nitrogens with zero attached hydrogens (tertiary/aromatic N) is 1. The first-order chi connectivity index (χ1) is 9.34. The van der Waals surface area contributed by atoms with Crippen LogP contribution in [0.2, 0.25) is 0 Å². The number of pyridine rings is 1. The van der Waals surface area contributed by atoms with Crippen molar-refractivity contribution in [1.82, 2.24) is 4.98 Å². The lowest BCUT2D eigenvalue weighted by Crippen LogP contribution is -2.12. The summed E-state index contributed by atoms with van der Waals surface area (Å²) in [5.41, 5.74) is 2.77. The SMILES string of the molecule is O=C1CCCc2c(OCc3ccccn3)cccc21. The molecule has 3 heteroatoms. The van der Waals surface area contributed by atoms with Gasteiger partial charge in [-0.25, -0.2) is 0 Å². The summed E-state index contributed by atoms with van der Waals surface area (Å²) in [5.74, 6) is 1.04. The molecule has 3 rings (SSSR count). The number of carbonyl (C=O) groups is 1. The van der Waals surface area contributed by atoms with Crippen LogP contribution in [0.4, 0.5) is 0 Å². The molecular formula is C16H15NO2. The van der Waals surface area contributed by atoms with Gasteiger partial charge in [-0.1, -0.05) is 18.2 Å². The standard InChI is InChI=1S/C16H15NO2/c18-15-8-3-7-14-13(15)6-4-9-16(14)19-11-12-5-1-2-10-17-12/h1-2,4-6,9-10H,3,7-8,11H2. The highest BCUT2D eigenvalue weighted by Crippen LogP contribution is 2.29. The molecule has 0 saturated heterocycles. The number of rotatable bonds is 3. The minimum absolute atomic E-state index is 0.226. The predicted molar refractivity (Wildman–Crippen MR) is 72.3 cm³/mol. The first kappa shape index (κ1) is 11.9. The summed E-state index contributed by atoms with van der Waals surface area (Å²) < 4.78 is 5.82. The Hall–Kier alpha value is -2.16. The van der Waals surface area contributed by atoms with Crippen LogP contribution in [0.3, 0.4) is 0 Å². The summed E-state index contributed by atoms with van der Waals surface area (Å²) in [5, 5.41) is 0. The minimum Gasteiger partial charge on any atom is -0.487 e. The van der Waals surface area contributed by atoms with Crippen LogP contribution in [-0.4, -0.2) is 10.8 Å². The number of aromatic nitrogens is 1. The molecule has 0 bridgehead atoms. The summed E-state index contributed by atoms with van der Waals surface area (Å²) in [7, 11) is 0. The number of fused-ring (bicyclic) bond motifs is 1. The van der Waals surface area contributed by atoms with Crippen LogP contribution in [0.5, 0.6) is 5.75 Å². The Morgan fingerprint density at radius 3 is 2.89 bits per heavy atom. The van der Waals surface area contributed by atoms with E-state index in [0.717, 1.165) is 35.4 Å². The molecule has 0 aliphatic heterocycles. The van der Waals surface area contributed by atoms with E-state index < -0.39 is 0 Å². The molecule has 0 radical (unpaired) electrons. The van der Waals surface area contributed by atoms with Crippen LogP contribution in [0.15, 0.2) is 42.6 Å². The van der Waals surface area contributed by atoms with Crippen molar-refractivity contribution in [1.29, 1.82) is 0 Å². The molecule has 19 heavy (non-hydrogen) atoms. The van der Waals surface area contributed by atoms with Gasteiger partial charge < -0.3 is 4.74 Å². The maximum atomic E-state index is 11.8. The van der Waals surface area contributed by atoms with Gasteiger partial charge >= 0.3 is 0 Å². The second kappa shape index (κ2) is 5.22. The van der Waals surface area contributed by atoms with Crippen LogP contribution in [0, 0.1) is 0 Å². The fourth-order valence-electron chi connectivity index (χ4n) is 2.42. The maximum absolute atomic E-state index is 11.8. The fraction of sp³-hybridized carbons (Fsp3) is 0.250. The van der Waals surface area contributed by atoms with E-state index in [1.807, 2.05) is 36.4 Å². The molecule has 1 aromatic carbocycles. The fourth-order valence-corrected chi connectivity index (χ4v) is 2.42. The van der Waals surface area contributed by atoms with E-state index in [2.05, 4.69) is 4.98 Å². The third-order valence-electron chi connectivity index (χ3n) is 3.37.